The average molecular weight is 353 g/mol. The van der Waals surface area contributed by atoms with Crippen LogP contribution in [0.3, 0.4) is 0 Å². The highest BCUT2D eigenvalue weighted by Gasteiger charge is 2.20. The molecule has 0 fully saturated rings. The quantitative estimate of drug-likeness (QED) is 0.498. The molecule has 0 amide bonds. The second-order valence-electron chi connectivity index (χ2n) is 6.69. The molecular weight excluding hydrogens is 326 g/mol. The molecule has 4 heteroatoms. The highest BCUT2D eigenvalue weighted by Crippen LogP contribution is 2.13. The summed E-state index contributed by atoms with van der Waals surface area (Å²) < 4.78 is 0. The van der Waals surface area contributed by atoms with Crippen LogP contribution in [0.1, 0.15) is 31.4 Å². The molecule has 0 bridgehead atoms. The summed E-state index contributed by atoms with van der Waals surface area (Å²) >= 11 is 0. The minimum atomic E-state index is -0.999. The lowest BCUT2D eigenvalue weighted by molar-refractivity contribution is -0.209. The van der Waals surface area contributed by atoms with Gasteiger partial charge in [0.1, 0.15) is 0 Å². The number of hydroxylamine groups is 2. The van der Waals surface area contributed by atoms with Gasteiger partial charge in [-0.2, -0.15) is 5.06 Å². The lowest BCUT2D eigenvalue weighted by Crippen LogP contribution is -2.33. The van der Waals surface area contributed by atoms with Crippen LogP contribution in [-0.4, -0.2) is 22.2 Å². The Bertz CT molecular complexity index is 642. The summed E-state index contributed by atoms with van der Waals surface area (Å²) in [6.07, 6.45) is 3.34. The van der Waals surface area contributed by atoms with E-state index in [1.165, 1.54) is 0 Å². The van der Waals surface area contributed by atoms with Crippen molar-refractivity contribution in [1.82, 2.24) is 5.06 Å². The molecule has 0 saturated carbocycles. The predicted octanol–water partition coefficient (Wildman–Crippen LogP) is 4.68. The molecule has 0 aromatic heterocycles. The van der Waals surface area contributed by atoms with E-state index in [-0.39, 0.29) is 0 Å². The Balaban J connectivity index is 2.12. The number of aliphatic carboxylic acids is 1. The van der Waals surface area contributed by atoms with Crippen LogP contribution in [0, 0.1) is 5.92 Å². The van der Waals surface area contributed by atoms with Gasteiger partial charge < -0.3 is 5.11 Å². The first-order chi connectivity index (χ1) is 12.5. The number of carboxylic acid groups (broad SMARTS) is 1. The number of hydrogen-bond donors (Lipinski definition) is 1. The number of carboxylic acids is 1. The Kier molecular flexibility index (Phi) is 8.06. The number of rotatable bonds is 10. The van der Waals surface area contributed by atoms with Crippen LogP contribution in [-0.2, 0) is 22.7 Å². The van der Waals surface area contributed by atoms with Crippen LogP contribution in [0.4, 0.5) is 0 Å². The molecule has 2 rings (SSSR count). The zero-order chi connectivity index (χ0) is 18.8. The summed E-state index contributed by atoms with van der Waals surface area (Å²) in [5.41, 5.74) is 2.14. The first-order valence-electron chi connectivity index (χ1n) is 8.93. The van der Waals surface area contributed by atoms with Gasteiger partial charge in [0.15, 0.2) is 6.10 Å². The Morgan fingerprint density at radius 2 is 1.50 bits per heavy atom. The van der Waals surface area contributed by atoms with Crippen LogP contribution in [0.15, 0.2) is 72.8 Å². The number of benzene rings is 2. The SMILES string of the molecule is CC(C)C/C=C/[C@H](ON(Cc1ccccc1)Cc1ccccc1)C(=O)O. The van der Waals surface area contributed by atoms with E-state index >= 15 is 0 Å². The molecule has 26 heavy (non-hydrogen) atoms. The van der Waals surface area contributed by atoms with E-state index < -0.39 is 12.1 Å². The van der Waals surface area contributed by atoms with Crippen LogP contribution >= 0.6 is 0 Å². The minimum absolute atomic E-state index is 0.477. The summed E-state index contributed by atoms with van der Waals surface area (Å²) in [4.78, 5) is 17.5. The standard InChI is InChI=1S/C22H27NO3/c1-18(2)10-9-15-21(22(24)25)26-23(16-19-11-5-3-6-12-19)17-20-13-7-4-8-14-20/h3-9,11-15,18,21H,10,16-17H2,1-2H3,(H,24,25)/b15-9+/t21-/m0/s1. The van der Waals surface area contributed by atoms with Crippen molar-refractivity contribution < 1.29 is 14.7 Å². The topological polar surface area (TPSA) is 49.8 Å². The fraction of sp³-hybridized carbons (Fsp3) is 0.318. The highest BCUT2D eigenvalue weighted by molar-refractivity contribution is 5.74. The Hall–Kier alpha value is -2.43. The summed E-state index contributed by atoms with van der Waals surface area (Å²) in [5, 5.41) is 11.2. The van der Waals surface area contributed by atoms with E-state index in [1.54, 1.807) is 11.1 Å². The monoisotopic (exact) mass is 353 g/mol. The lowest BCUT2D eigenvalue weighted by Gasteiger charge is -2.24. The molecule has 1 atom stereocenters. The second-order valence-corrected chi connectivity index (χ2v) is 6.69. The fourth-order valence-electron chi connectivity index (χ4n) is 2.50. The van der Waals surface area contributed by atoms with Crippen molar-refractivity contribution in [3.8, 4) is 0 Å². The summed E-state index contributed by atoms with van der Waals surface area (Å²) in [6, 6.07) is 19.8. The fourth-order valence-corrected chi connectivity index (χ4v) is 2.50. The van der Waals surface area contributed by atoms with Crippen LogP contribution < -0.4 is 0 Å². The van der Waals surface area contributed by atoms with Gasteiger partial charge in [0.05, 0.1) is 0 Å². The third-order valence-corrected chi connectivity index (χ3v) is 3.83. The van der Waals surface area contributed by atoms with Crippen molar-refractivity contribution >= 4 is 5.97 Å². The lowest BCUT2D eigenvalue weighted by atomic mass is 10.1. The minimum Gasteiger partial charge on any atom is -0.479 e. The molecular formula is C22H27NO3. The molecule has 2 aromatic rings. The normalized spacial score (nSPS) is 12.8. The van der Waals surface area contributed by atoms with E-state index in [0.29, 0.717) is 19.0 Å². The number of hydrogen-bond acceptors (Lipinski definition) is 3. The van der Waals surface area contributed by atoms with Crippen molar-refractivity contribution in [2.24, 2.45) is 5.92 Å². The van der Waals surface area contributed by atoms with Gasteiger partial charge in [-0.05, 0) is 29.5 Å². The predicted molar refractivity (Wildman–Crippen MR) is 103 cm³/mol. The molecule has 138 valence electrons. The zero-order valence-electron chi connectivity index (χ0n) is 15.4. The first kappa shape index (κ1) is 19.9. The number of allylic oxidation sites excluding steroid dienone is 1. The molecule has 0 aliphatic heterocycles. The van der Waals surface area contributed by atoms with E-state index in [2.05, 4.69) is 13.8 Å². The molecule has 0 spiro atoms. The van der Waals surface area contributed by atoms with Gasteiger partial charge in [0, 0.05) is 13.1 Å². The summed E-state index contributed by atoms with van der Waals surface area (Å²) in [6.45, 7) is 5.21. The Morgan fingerprint density at radius 3 is 1.92 bits per heavy atom. The average Bonchev–Trinajstić information content (AvgIpc) is 2.62. The smallest absolute Gasteiger partial charge is 0.339 e. The van der Waals surface area contributed by atoms with Crippen LogP contribution in [0.2, 0.25) is 0 Å². The van der Waals surface area contributed by atoms with E-state index in [0.717, 1.165) is 17.5 Å². The Morgan fingerprint density at radius 1 is 1.00 bits per heavy atom. The van der Waals surface area contributed by atoms with Crippen molar-refractivity contribution in [3.05, 3.63) is 83.9 Å². The Labute approximate surface area is 155 Å². The maximum atomic E-state index is 11.6. The summed E-state index contributed by atoms with van der Waals surface area (Å²) in [5.74, 6) is -0.512. The van der Waals surface area contributed by atoms with E-state index in [9.17, 15) is 9.90 Å². The zero-order valence-corrected chi connectivity index (χ0v) is 15.4. The molecule has 1 N–H and O–H groups in total. The molecule has 0 radical (unpaired) electrons. The summed E-state index contributed by atoms with van der Waals surface area (Å²) in [7, 11) is 0. The van der Waals surface area contributed by atoms with Gasteiger partial charge in [0.25, 0.3) is 0 Å². The van der Waals surface area contributed by atoms with Gasteiger partial charge in [0.2, 0.25) is 0 Å². The van der Waals surface area contributed by atoms with Crippen molar-refractivity contribution in [2.45, 2.75) is 39.5 Å². The van der Waals surface area contributed by atoms with Crippen molar-refractivity contribution in [1.29, 1.82) is 0 Å². The maximum absolute atomic E-state index is 11.6. The molecule has 0 saturated heterocycles. The van der Waals surface area contributed by atoms with Gasteiger partial charge in [-0.3, -0.25) is 4.84 Å². The van der Waals surface area contributed by atoms with Crippen molar-refractivity contribution in [2.75, 3.05) is 0 Å². The second kappa shape index (κ2) is 10.5. The van der Waals surface area contributed by atoms with E-state index in [1.807, 2.05) is 66.7 Å². The molecule has 0 heterocycles. The van der Waals surface area contributed by atoms with Crippen LogP contribution in [0.5, 0.6) is 0 Å². The molecule has 0 aliphatic rings. The molecule has 4 nitrogen and oxygen atoms in total. The van der Waals surface area contributed by atoms with Gasteiger partial charge in [-0.15, -0.1) is 0 Å². The third kappa shape index (κ3) is 7.21. The highest BCUT2D eigenvalue weighted by atomic mass is 16.7. The molecule has 2 aromatic carbocycles. The van der Waals surface area contributed by atoms with Gasteiger partial charge in [-0.1, -0.05) is 80.6 Å². The molecule has 0 aliphatic carbocycles. The van der Waals surface area contributed by atoms with Gasteiger partial charge in [-0.25, -0.2) is 4.79 Å². The third-order valence-electron chi connectivity index (χ3n) is 3.83. The van der Waals surface area contributed by atoms with Crippen LogP contribution in [0.25, 0.3) is 0 Å². The van der Waals surface area contributed by atoms with E-state index in [4.69, 9.17) is 4.84 Å². The van der Waals surface area contributed by atoms with Gasteiger partial charge >= 0.3 is 5.97 Å². The number of carbonyl (C=O) groups is 1. The van der Waals surface area contributed by atoms with Crippen molar-refractivity contribution in [3.63, 3.8) is 0 Å². The molecule has 0 unspecified atom stereocenters. The number of nitrogens with zero attached hydrogens (tertiary/aromatic N) is 1. The maximum Gasteiger partial charge on any atom is 0.339 e. The first-order valence-corrected chi connectivity index (χ1v) is 8.93. The largest absolute Gasteiger partial charge is 0.479 e.